The molecule has 0 spiro atoms. The van der Waals surface area contributed by atoms with E-state index in [9.17, 15) is 0 Å². The number of benzene rings is 1. The molecule has 0 aromatic heterocycles. The van der Waals surface area contributed by atoms with Gasteiger partial charge >= 0.3 is 0 Å². The van der Waals surface area contributed by atoms with Crippen LogP contribution in [0.3, 0.4) is 0 Å². The second-order valence-electron chi connectivity index (χ2n) is 2.66. The molecule has 0 radical (unpaired) electrons. The average molecular weight is 217 g/mol. The first-order valence-electron chi connectivity index (χ1n) is 4.08. The molecule has 0 bridgehead atoms. The molecule has 0 aliphatic rings. The summed E-state index contributed by atoms with van der Waals surface area (Å²) >= 11 is 7.39. The Labute approximate surface area is 88.4 Å². The molecule has 0 atom stereocenters. The predicted octanol–water partition coefficient (Wildman–Crippen LogP) is 3.20. The summed E-state index contributed by atoms with van der Waals surface area (Å²) < 4.78 is 5.19. The van der Waals surface area contributed by atoms with Gasteiger partial charge in [-0.1, -0.05) is 0 Å². The standard InChI is InChI=1S/C10H13ClOS/c1-12-9-5-8(3-4-11)6-10(7-9)13-2/h5-7H,3-4H2,1-2H3. The van der Waals surface area contributed by atoms with Crippen LogP contribution >= 0.6 is 23.4 Å². The van der Waals surface area contributed by atoms with Gasteiger partial charge in [-0.05, 0) is 36.4 Å². The molecule has 0 aliphatic heterocycles. The lowest BCUT2D eigenvalue weighted by Gasteiger charge is -2.06. The third-order valence-corrected chi connectivity index (χ3v) is 2.69. The quantitative estimate of drug-likeness (QED) is 0.565. The second-order valence-corrected chi connectivity index (χ2v) is 3.92. The van der Waals surface area contributed by atoms with Crippen molar-refractivity contribution in [2.24, 2.45) is 0 Å². The van der Waals surface area contributed by atoms with Crippen molar-refractivity contribution < 1.29 is 4.74 Å². The van der Waals surface area contributed by atoms with E-state index in [1.54, 1.807) is 18.9 Å². The van der Waals surface area contributed by atoms with Crippen molar-refractivity contribution >= 4 is 23.4 Å². The van der Waals surface area contributed by atoms with Gasteiger partial charge < -0.3 is 4.74 Å². The molecule has 1 rings (SSSR count). The molecule has 0 unspecified atom stereocenters. The van der Waals surface area contributed by atoms with Gasteiger partial charge in [0.25, 0.3) is 0 Å². The van der Waals surface area contributed by atoms with Crippen LogP contribution in [-0.2, 0) is 6.42 Å². The van der Waals surface area contributed by atoms with Crippen molar-refractivity contribution in [1.82, 2.24) is 0 Å². The van der Waals surface area contributed by atoms with Crippen molar-refractivity contribution in [3.63, 3.8) is 0 Å². The van der Waals surface area contributed by atoms with E-state index in [0.29, 0.717) is 5.88 Å². The van der Waals surface area contributed by atoms with Gasteiger partial charge in [-0.25, -0.2) is 0 Å². The van der Waals surface area contributed by atoms with Gasteiger partial charge in [0, 0.05) is 10.8 Å². The molecule has 0 saturated carbocycles. The van der Waals surface area contributed by atoms with Crippen LogP contribution < -0.4 is 4.74 Å². The van der Waals surface area contributed by atoms with Crippen LogP contribution in [0.2, 0.25) is 0 Å². The number of thioether (sulfide) groups is 1. The molecule has 3 heteroatoms. The second kappa shape index (κ2) is 5.40. The van der Waals surface area contributed by atoms with E-state index in [1.165, 1.54) is 10.5 Å². The normalized spacial score (nSPS) is 10.1. The zero-order valence-corrected chi connectivity index (χ0v) is 9.41. The lowest BCUT2D eigenvalue weighted by molar-refractivity contribution is 0.413. The molecule has 1 aromatic carbocycles. The largest absolute Gasteiger partial charge is 0.497 e. The van der Waals surface area contributed by atoms with Gasteiger partial charge in [-0.3, -0.25) is 0 Å². The number of aryl methyl sites for hydroxylation is 1. The van der Waals surface area contributed by atoms with E-state index < -0.39 is 0 Å². The lowest BCUT2D eigenvalue weighted by atomic mass is 10.2. The zero-order chi connectivity index (χ0) is 9.68. The Morgan fingerprint density at radius 3 is 2.69 bits per heavy atom. The molecule has 13 heavy (non-hydrogen) atoms. The third-order valence-electron chi connectivity index (χ3n) is 1.79. The number of hydrogen-bond acceptors (Lipinski definition) is 2. The van der Waals surface area contributed by atoms with Crippen LogP contribution in [-0.4, -0.2) is 19.2 Å². The number of methoxy groups -OCH3 is 1. The van der Waals surface area contributed by atoms with E-state index in [4.69, 9.17) is 16.3 Å². The summed E-state index contributed by atoms with van der Waals surface area (Å²) in [6.07, 6.45) is 2.95. The number of rotatable bonds is 4. The van der Waals surface area contributed by atoms with E-state index in [1.807, 2.05) is 12.1 Å². The summed E-state index contributed by atoms with van der Waals surface area (Å²) in [5, 5.41) is 0. The van der Waals surface area contributed by atoms with Crippen LogP contribution in [0.1, 0.15) is 5.56 Å². The fourth-order valence-electron chi connectivity index (χ4n) is 1.12. The van der Waals surface area contributed by atoms with Gasteiger partial charge in [-0.2, -0.15) is 0 Å². The van der Waals surface area contributed by atoms with Crippen molar-refractivity contribution in [3.05, 3.63) is 23.8 Å². The Kier molecular flexibility index (Phi) is 4.46. The highest BCUT2D eigenvalue weighted by Gasteiger charge is 1.99. The van der Waals surface area contributed by atoms with Crippen molar-refractivity contribution in [2.75, 3.05) is 19.2 Å². The first-order chi connectivity index (χ1) is 6.30. The Morgan fingerprint density at radius 2 is 2.15 bits per heavy atom. The molecule has 1 aromatic rings. The van der Waals surface area contributed by atoms with Crippen molar-refractivity contribution in [1.29, 1.82) is 0 Å². The number of hydrogen-bond donors (Lipinski definition) is 0. The monoisotopic (exact) mass is 216 g/mol. The van der Waals surface area contributed by atoms with E-state index in [0.717, 1.165) is 12.2 Å². The first-order valence-corrected chi connectivity index (χ1v) is 5.84. The average Bonchev–Trinajstić information content (AvgIpc) is 2.17. The minimum atomic E-state index is 0.654. The first kappa shape index (κ1) is 10.7. The maximum atomic E-state index is 5.68. The molecular weight excluding hydrogens is 204 g/mol. The summed E-state index contributed by atoms with van der Waals surface area (Å²) in [5.41, 5.74) is 1.23. The molecular formula is C10H13ClOS. The minimum Gasteiger partial charge on any atom is -0.497 e. The molecule has 72 valence electrons. The highest BCUT2D eigenvalue weighted by molar-refractivity contribution is 7.98. The number of alkyl halides is 1. The fraction of sp³-hybridized carbons (Fsp3) is 0.400. The van der Waals surface area contributed by atoms with Gasteiger partial charge in [-0.15, -0.1) is 23.4 Å². The topological polar surface area (TPSA) is 9.23 Å². The highest BCUT2D eigenvalue weighted by atomic mass is 35.5. The van der Waals surface area contributed by atoms with Crippen LogP contribution in [0, 0.1) is 0 Å². The van der Waals surface area contributed by atoms with Crippen LogP contribution in [0.15, 0.2) is 23.1 Å². The third kappa shape index (κ3) is 3.12. The van der Waals surface area contributed by atoms with E-state index in [-0.39, 0.29) is 0 Å². The molecule has 0 fully saturated rings. The SMILES string of the molecule is COc1cc(CCCl)cc(SC)c1. The summed E-state index contributed by atoms with van der Waals surface area (Å²) in [6, 6.07) is 6.21. The van der Waals surface area contributed by atoms with Gasteiger partial charge in [0.15, 0.2) is 0 Å². The number of halogens is 1. The zero-order valence-electron chi connectivity index (χ0n) is 7.84. The Morgan fingerprint density at radius 1 is 1.38 bits per heavy atom. The number of ether oxygens (including phenoxy) is 1. The summed E-state index contributed by atoms with van der Waals surface area (Å²) in [7, 11) is 1.68. The lowest BCUT2D eigenvalue weighted by Crippen LogP contribution is -1.90. The minimum absolute atomic E-state index is 0.654. The molecule has 1 nitrogen and oxygen atoms in total. The van der Waals surface area contributed by atoms with Crippen LogP contribution in [0.5, 0.6) is 5.75 Å². The van der Waals surface area contributed by atoms with Crippen LogP contribution in [0.25, 0.3) is 0 Å². The van der Waals surface area contributed by atoms with E-state index >= 15 is 0 Å². The molecule has 0 amide bonds. The Balaban J connectivity index is 2.93. The smallest absolute Gasteiger partial charge is 0.120 e. The molecule has 0 aliphatic carbocycles. The maximum absolute atomic E-state index is 5.68. The molecule has 0 N–H and O–H groups in total. The predicted molar refractivity (Wildman–Crippen MR) is 59.2 cm³/mol. The Hall–Kier alpha value is -0.340. The summed E-state index contributed by atoms with van der Waals surface area (Å²) in [6.45, 7) is 0. The fourth-order valence-corrected chi connectivity index (χ4v) is 1.84. The van der Waals surface area contributed by atoms with Gasteiger partial charge in [0.1, 0.15) is 5.75 Å². The highest BCUT2D eigenvalue weighted by Crippen LogP contribution is 2.23. The van der Waals surface area contributed by atoms with Gasteiger partial charge in [0.05, 0.1) is 7.11 Å². The molecule has 0 saturated heterocycles. The van der Waals surface area contributed by atoms with E-state index in [2.05, 4.69) is 12.3 Å². The Bertz CT molecular complexity index is 253. The maximum Gasteiger partial charge on any atom is 0.120 e. The summed E-state index contributed by atoms with van der Waals surface area (Å²) in [5.74, 6) is 1.56. The van der Waals surface area contributed by atoms with Crippen molar-refractivity contribution in [3.8, 4) is 5.75 Å². The van der Waals surface area contributed by atoms with Crippen LogP contribution in [0.4, 0.5) is 0 Å². The van der Waals surface area contributed by atoms with Gasteiger partial charge in [0.2, 0.25) is 0 Å². The molecule has 0 heterocycles. The summed E-state index contributed by atoms with van der Waals surface area (Å²) in [4.78, 5) is 1.22. The van der Waals surface area contributed by atoms with Crippen molar-refractivity contribution in [2.45, 2.75) is 11.3 Å².